The molecule has 1 rings (SSSR count). The van der Waals surface area contributed by atoms with E-state index in [0.29, 0.717) is 5.56 Å². The lowest BCUT2D eigenvalue weighted by molar-refractivity contribution is -0.0171. The van der Waals surface area contributed by atoms with Crippen LogP contribution in [0.25, 0.3) is 0 Å². The second kappa shape index (κ2) is 4.50. The summed E-state index contributed by atoms with van der Waals surface area (Å²) in [5, 5.41) is 27.3. The van der Waals surface area contributed by atoms with Gasteiger partial charge in [-0.3, -0.25) is 0 Å². The Morgan fingerprint density at radius 1 is 1.36 bits per heavy atom. The van der Waals surface area contributed by atoms with Gasteiger partial charge in [0.05, 0.1) is 6.61 Å². The topological polar surface area (TPSA) is 60.7 Å². The first kappa shape index (κ1) is 11.1. The summed E-state index contributed by atoms with van der Waals surface area (Å²) in [6.45, 7) is 1.03. The van der Waals surface area contributed by atoms with E-state index < -0.39 is 24.6 Å². The fourth-order valence-corrected chi connectivity index (χ4v) is 1.31. The first-order valence-electron chi connectivity index (χ1n) is 4.30. The maximum atomic E-state index is 13.2. The van der Waals surface area contributed by atoms with Crippen molar-refractivity contribution in [1.82, 2.24) is 0 Å². The SMILES string of the molecule is Cc1cccc(F)c1C(O)C(O)CO. The molecule has 0 aromatic heterocycles. The molecule has 2 unspecified atom stereocenters. The van der Waals surface area contributed by atoms with Crippen molar-refractivity contribution < 1.29 is 19.7 Å². The van der Waals surface area contributed by atoms with E-state index in [0.717, 1.165) is 0 Å². The van der Waals surface area contributed by atoms with Crippen molar-refractivity contribution in [3.05, 3.63) is 35.1 Å². The van der Waals surface area contributed by atoms with Crippen LogP contribution in [0.15, 0.2) is 18.2 Å². The van der Waals surface area contributed by atoms with Crippen molar-refractivity contribution in [2.75, 3.05) is 6.61 Å². The number of aliphatic hydroxyl groups excluding tert-OH is 3. The Morgan fingerprint density at radius 3 is 2.50 bits per heavy atom. The lowest BCUT2D eigenvalue weighted by Gasteiger charge is -2.18. The van der Waals surface area contributed by atoms with E-state index >= 15 is 0 Å². The van der Waals surface area contributed by atoms with E-state index in [1.165, 1.54) is 12.1 Å². The van der Waals surface area contributed by atoms with Crippen LogP contribution < -0.4 is 0 Å². The maximum Gasteiger partial charge on any atom is 0.129 e. The minimum atomic E-state index is -1.39. The highest BCUT2D eigenvalue weighted by Crippen LogP contribution is 2.23. The van der Waals surface area contributed by atoms with E-state index in [1.54, 1.807) is 13.0 Å². The molecule has 1 aromatic carbocycles. The van der Waals surface area contributed by atoms with Crippen LogP contribution in [0.2, 0.25) is 0 Å². The second-order valence-electron chi connectivity index (χ2n) is 3.17. The van der Waals surface area contributed by atoms with Crippen molar-refractivity contribution in [1.29, 1.82) is 0 Å². The van der Waals surface area contributed by atoms with E-state index in [1.807, 2.05) is 0 Å². The third kappa shape index (κ3) is 2.09. The molecule has 2 atom stereocenters. The van der Waals surface area contributed by atoms with Crippen molar-refractivity contribution >= 4 is 0 Å². The summed E-state index contributed by atoms with van der Waals surface area (Å²) in [6.07, 6.45) is -2.74. The zero-order chi connectivity index (χ0) is 10.7. The van der Waals surface area contributed by atoms with Gasteiger partial charge in [-0.1, -0.05) is 12.1 Å². The quantitative estimate of drug-likeness (QED) is 0.666. The summed E-state index contributed by atoms with van der Waals surface area (Å²) in [5.74, 6) is -0.579. The number of benzene rings is 1. The van der Waals surface area contributed by atoms with Crippen LogP contribution in [0.3, 0.4) is 0 Å². The molecule has 0 spiro atoms. The molecular formula is C10H13FO3. The summed E-state index contributed by atoms with van der Waals surface area (Å²) in [6, 6.07) is 4.35. The Balaban J connectivity index is 3.05. The molecule has 0 radical (unpaired) electrons. The van der Waals surface area contributed by atoms with Crippen LogP contribution in [0.1, 0.15) is 17.2 Å². The molecule has 0 heterocycles. The molecule has 0 amide bonds. The van der Waals surface area contributed by atoms with Gasteiger partial charge in [-0.2, -0.15) is 0 Å². The van der Waals surface area contributed by atoms with Gasteiger partial charge in [0.25, 0.3) is 0 Å². The number of aryl methyl sites for hydroxylation is 1. The Kier molecular flexibility index (Phi) is 3.57. The third-order valence-electron chi connectivity index (χ3n) is 2.12. The normalized spacial score (nSPS) is 15.2. The zero-order valence-electron chi connectivity index (χ0n) is 7.81. The molecular weight excluding hydrogens is 187 g/mol. The number of rotatable bonds is 3. The molecule has 1 aromatic rings. The summed E-state index contributed by atoms with van der Waals surface area (Å²) >= 11 is 0. The smallest absolute Gasteiger partial charge is 0.129 e. The van der Waals surface area contributed by atoms with Crippen molar-refractivity contribution in [3.8, 4) is 0 Å². The van der Waals surface area contributed by atoms with Crippen LogP contribution >= 0.6 is 0 Å². The number of aliphatic hydroxyl groups is 3. The summed E-state index contributed by atoms with van der Waals surface area (Å²) < 4.78 is 13.2. The molecule has 0 saturated heterocycles. The second-order valence-corrected chi connectivity index (χ2v) is 3.17. The molecule has 0 aliphatic carbocycles. The summed E-state index contributed by atoms with van der Waals surface area (Å²) in [4.78, 5) is 0. The molecule has 0 saturated carbocycles. The predicted molar refractivity (Wildman–Crippen MR) is 49.2 cm³/mol. The average molecular weight is 200 g/mol. The van der Waals surface area contributed by atoms with Crippen molar-refractivity contribution in [2.24, 2.45) is 0 Å². The van der Waals surface area contributed by atoms with Crippen LogP contribution in [0, 0.1) is 12.7 Å². The average Bonchev–Trinajstić information content (AvgIpc) is 2.16. The van der Waals surface area contributed by atoms with E-state index in [9.17, 15) is 9.50 Å². The van der Waals surface area contributed by atoms with Gasteiger partial charge in [-0.15, -0.1) is 0 Å². The van der Waals surface area contributed by atoms with E-state index in [2.05, 4.69) is 0 Å². The minimum absolute atomic E-state index is 0.0362. The lowest BCUT2D eigenvalue weighted by Crippen LogP contribution is -2.23. The van der Waals surface area contributed by atoms with Gasteiger partial charge < -0.3 is 15.3 Å². The highest BCUT2D eigenvalue weighted by atomic mass is 19.1. The lowest BCUT2D eigenvalue weighted by atomic mass is 9.99. The molecule has 0 bridgehead atoms. The number of hydrogen-bond acceptors (Lipinski definition) is 3. The monoisotopic (exact) mass is 200 g/mol. The molecule has 3 N–H and O–H groups in total. The number of hydrogen-bond donors (Lipinski definition) is 3. The first-order chi connectivity index (χ1) is 6.57. The fraction of sp³-hybridized carbons (Fsp3) is 0.400. The predicted octanol–water partition coefficient (Wildman–Crippen LogP) is 0.521. The highest BCUT2D eigenvalue weighted by Gasteiger charge is 2.22. The standard InChI is InChI=1S/C10H13FO3/c1-6-3-2-4-7(11)9(6)10(14)8(13)5-12/h2-4,8,10,12-14H,5H2,1H3. The molecule has 4 heteroatoms. The number of halogens is 1. The minimum Gasteiger partial charge on any atom is -0.394 e. The Labute approximate surface area is 81.4 Å². The van der Waals surface area contributed by atoms with Crippen molar-refractivity contribution in [3.63, 3.8) is 0 Å². The molecule has 0 aliphatic rings. The van der Waals surface area contributed by atoms with Crippen LogP contribution in [-0.4, -0.2) is 28.0 Å². The molecule has 0 fully saturated rings. The van der Waals surface area contributed by atoms with Crippen LogP contribution in [0.4, 0.5) is 4.39 Å². The van der Waals surface area contributed by atoms with Crippen LogP contribution in [0.5, 0.6) is 0 Å². The summed E-state index contributed by atoms with van der Waals surface area (Å²) in [5.41, 5.74) is 0.582. The fourth-order valence-electron chi connectivity index (χ4n) is 1.31. The maximum absolute atomic E-state index is 13.2. The molecule has 0 aliphatic heterocycles. The van der Waals surface area contributed by atoms with Gasteiger partial charge in [0.1, 0.15) is 18.0 Å². The van der Waals surface area contributed by atoms with E-state index in [4.69, 9.17) is 10.2 Å². The van der Waals surface area contributed by atoms with Gasteiger partial charge in [0.2, 0.25) is 0 Å². The zero-order valence-corrected chi connectivity index (χ0v) is 7.81. The largest absolute Gasteiger partial charge is 0.394 e. The van der Waals surface area contributed by atoms with E-state index in [-0.39, 0.29) is 5.56 Å². The Hall–Kier alpha value is -0.970. The molecule has 3 nitrogen and oxygen atoms in total. The first-order valence-corrected chi connectivity index (χ1v) is 4.30. The van der Waals surface area contributed by atoms with Gasteiger partial charge in [0, 0.05) is 5.56 Å². The van der Waals surface area contributed by atoms with Gasteiger partial charge >= 0.3 is 0 Å². The highest BCUT2D eigenvalue weighted by molar-refractivity contribution is 5.29. The molecule has 14 heavy (non-hydrogen) atoms. The van der Waals surface area contributed by atoms with Gasteiger partial charge in [-0.25, -0.2) is 4.39 Å². The third-order valence-corrected chi connectivity index (χ3v) is 2.12. The van der Waals surface area contributed by atoms with Gasteiger partial charge in [0.15, 0.2) is 0 Å². The van der Waals surface area contributed by atoms with Gasteiger partial charge in [-0.05, 0) is 18.6 Å². The molecule has 78 valence electrons. The Bertz CT molecular complexity index is 294. The van der Waals surface area contributed by atoms with Crippen molar-refractivity contribution in [2.45, 2.75) is 19.1 Å². The van der Waals surface area contributed by atoms with Crippen LogP contribution in [-0.2, 0) is 0 Å². The summed E-state index contributed by atoms with van der Waals surface area (Å²) in [7, 11) is 0. The Morgan fingerprint density at radius 2 is 2.00 bits per heavy atom.